The van der Waals surface area contributed by atoms with Crippen LogP contribution in [0.5, 0.6) is 0 Å². The van der Waals surface area contributed by atoms with E-state index in [-0.39, 0.29) is 11.8 Å². The van der Waals surface area contributed by atoms with Crippen LogP contribution in [-0.4, -0.2) is 61.0 Å². The molecule has 27 heavy (non-hydrogen) atoms. The van der Waals surface area contributed by atoms with Gasteiger partial charge in [-0.2, -0.15) is 0 Å². The maximum absolute atomic E-state index is 12.4. The molecule has 0 bridgehead atoms. The second kappa shape index (κ2) is 7.52. The van der Waals surface area contributed by atoms with Gasteiger partial charge in [-0.1, -0.05) is 12.1 Å². The molecule has 0 saturated carbocycles. The van der Waals surface area contributed by atoms with E-state index in [1.54, 1.807) is 6.33 Å². The Hall–Kier alpha value is -2.67. The Kier molecular flexibility index (Phi) is 4.94. The molecule has 7 nitrogen and oxygen atoms in total. The molecule has 3 aromatic rings. The molecule has 7 heteroatoms. The molecule has 0 unspecified atom stereocenters. The molecule has 1 amide bonds. The molecule has 0 spiro atoms. The van der Waals surface area contributed by atoms with Crippen LogP contribution in [0, 0.1) is 5.92 Å². The van der Waals surface area contributed by atoms with Gasteiger partial charge in [-0.15, -0.1) is 0 Å². The van der Waals surface area contributed by atoms with E-state index in [1.165, 1.54) is 0 Å². The van der Waals surface area contributed by atoms with E-state index < -0.39 is 0 Å². The number of nitrogens with one attached hydrogen (secondary N) is 1. The molecule has 1 aliphatic heterocycles. The van der Waals surface area contributed by atoms with Gasteiger partial charge in [0.15, 0.2) is 11.4 Å². The maximum Gasteiger partial charge on any atom is 0.223 e. The highest BCUT2D eigenvalue weighted by Crippen LogP contribution is 2.33. The highest BCUT2D eigenvalue weighted by molar-refractivity contribution is 6.05. The quantitative estimate of drug-likeness (QED) is 0.746. The number of furan rings is 1. The van der Waals surface area contributed by atoms with Gasteiger partial charge >= 0.3 is 0 Å². The van der Waals surface area contributed by atoms with Gasteiger partial charge in [0, 0.05) is 37.5 Å². The number of carbonyl (C=O) groups excluding carboxylic acids is 1. The fourth-order valence-electron chi connectivity index (χ4n) is 3.64. The van der Waals surface area contributed by atoms with E-state index >= 15 is 0 Å². The summed E-state index contributed by atoms with van der Waals surface area (Å²) in [5, 5.41) is 4.05. The SMILES string of the molecule is CN(C)CCNC(=O)C1CCN(c2ncnc3c2oc2ccccc23)CC1. The molecule has 1 N–H and O–H groups in total. The van der Waals surface area contributed by atoms with Crippen LogP contribution < -0.4 is 10.2 Å². The number of likely N-dealkylation sites (N-methyl/N-ethyl adjacent to an activating group) is 1. The van der Waals surface area contributed by atoms with Crippen molar-refractivity contribution in [1.29, 1.82) is 0 Å². The predicted octanol–water partition coefficient (Wildman–Crippen LogP) is 2.27. The number of amides is 1. The van der Waals surface area contributed by atoms with Crippen LogP contribution in [0.3, 0.4) is 0 Å². The summed E-state index contributed by atoms with van der Waals surface area (Å²) in [6.07, 6.45) is 3.23. The van der Waals surface area contributed by atoms with Crippen molar-refractivity contribution in [2.75, 3.05) is 45.2 Å². The number of hydrogen-bond acceptors (Lipinski definition) is 6. The van der Waals surface area contributed by atoms with E-state index in [0.717, 1.165) is 60.4 Å². The number of aromatic nitrogens is 2. The van der Waals surface area contributed by atoms with E-state index in [4.69, 9.17) is 4.42 Å². The molecule has 0 radical (unpaired) electrons. The number of fused-ring (bicyclic) bond motifs is 3. The van der Waals surface area contributed by atoms with Crippen LogP contribution in [0.1, 0.15) is 12.8 Å². The number of carbonyl (C=O) groups is 1. The van der Waals surface area contributed by atoms with E-state index in [1.807, 2.05) is 38.4 Å². The average Bonchev–Trinajstić information content (AvgIpc) is 3.06. The van der Waals surface area contributed by atoms with Crippen LogP contribution in [0.4, 0.5) is 5.82 Å². The van der Waals surface area contributed by atoms with Crippen LogP contribution in [0.25, 0.3) is 22.1 Å². The van der Waals surface area contributed by atoms with Gasteiger partial charge < -0.3 is 19.5 Å². The van der Waals surface area contributed by atoms with Gasteiger partial charge in [0.1, 0.15) is 17.4 Å². The van der Waals surface area contributed by atoms with Crippen molar-refractivity contribution in [2.24, 2.45) is 5.92 Å². The van der Waals surface area contributed by atoms with E-state index in [0.29, 0.717) is 6.54 Å². The molecule has 142 valence electrons. The van der Waals surface area contributed by atoms with Gasteiger partial charge in [-0.25, -0.2) is 9.97 Å². The largest absolute Gasteiger partial charge is 0.450 e. The zero-order valence-electron chi connectivity index (χ0n) is 15.8. The molecule has 1 saturated heterocycles. The molecule has 1 aliphatic rings. The van der Waals surface area contributed by atoms with Crippen molar-refractivity contribution < 1.29 is 9.21 Å². The summed E-state index contributed by atoms with van der Waals surface area (Å²) in [6, 6.07) is 7.91. The Balaban J connectivity index is 1.46. The van der Waals surface area contributed by atoms with Crippen LogP contribution >= 0.6 is 0 Å². The van der Waals surface area contributed by atoms with Crippen molar-refractivity contribution in [2.45, 2.75) is 12.8 Å². The monoisotopic (exact) mass is 367 g/mol. The summed E-state index contributed by atoms with van der Waals surface area (Å²) in [7, 11) is 4.01. The topological polar surface area (TPSA) is 74.5 Å². The first-order chi connectivity index (χ1) is 13.1. The lowest BCUT2D eigenvalue weighted by molar-refractivity contribution is -0.125. The third-order valence-corrected chi connectivity index (χ3v) is 5.16. The number of hydrogen-bond donors (Lipinski definition) is 1. The first-order valence-corrected chi connectivity index (χ1v) is 9.43. The van der Waals surface area contributed by atoms with Crippen LogP contribution in [-0.2, 0) is 4.79 Å². The lowest BCUT2D eigenvalue weighted by Gasteiger charge is -2.32. The predicted molar refractivity (Wildman–Crippen MR) is 106 cm³/mol. The zero-order chi connectivity index (χ0) is 18.8. The molecule has 0 aliphatic carbocycles. The first-order valence-electron chi connectivity index (χ1n) is 9.43. The smallest absolute Gasteiger partial charge is 0.223 e. The summed E-state index contributed by atoms with van der Waals surface area (Å²) in [6.45, 7) is 3.12. The Morgan fingerprint density at radius 1 is 1.26 bits per heavy atom. The number of rotatable bonds is 5. The molecule has 2 aromatic heterocycles. The fraction of sp³-hybridized carbons (Fsp3) is 0.450. The lowest BCUT2D eigenvalue weighted by Crippen LogP contribution is -2.42. The number of benzene rings is 1. The third-order valence-electron chi connectivity index (χ3n) is 5.16. The standard InChI is InChI=1S/C20H25N5O2/c1-24(2)12-9-21-20(26)14-7-10-25(11-8-14)19-18-17(22-13-23-19)15-5-3-4-6-16(15)27-18/h3-6,13-14H,7-12H2,1-2H3,(H,21,26). The Bertz CT molecular complexity index is 944. The number of anilines is 1. The Morgan fingerprint density at radius 2 is 2.04 bits per heavy atom. The Morgan fingerprint density at radius 3 is 2.81 bits per heavy atom. The summed E-state index contributed by atoms with van der Waals surface area (Å²) in [5.74, 6) is 1.05. The van der Waals surface area contributed by atoms with E-state index in [9.17, 15) is 4.79 Å². The van der Waals surface area contributed by atoms with Crippen LogP contribution in [0.15, 0.2) is 35.0 Å². The van der Waals surface area contributed by atoms with Gasteiger partial charge in [0.05, 0.1) is 0 Å². The number of para-hydroxylation sites is 1. The number of piperidine rings is 1. The fourth-order valence-corrected chi connectivity index (χ4v) is 3.64. The lowest BCUT2D eigenvalue weighted by atomic mass is 9.96. The zero-order valence-corrected chi connectivity index (χ0v) is 15.8. The van der Waals surface area contributed by atoms with Gasteiger partial charge in [0.25, 0.3) is 0 Å². The van der Waals surface area contributed by atoms with Crippen molar-refractivity contribution in [3.63, 3.8) is 0 Å². The minimum atomic E-state index is 0.0661. The molecule has 0 atom stereocenters. The van der Waals surface area contributed by atoms with Crippen molar-refractivity contribution in [3.05, 3.63) is 30.6 Å². The second-order valence-corrected chi connectivity index (χ2v) is 7.33. The normalized spacial score (nSPS) is 15.7. The molecular weight excluding hydrogens is 342 g/mol. The molecule has 3 heterocycles. The molecule has 1 fully saturated rings. The van der Waals surface area contributed by atoms with Gasteiger partial charge in [-0.05, 0) is 39.1 Å². The maximum atomic E-state index is 12.4. The van der Waals surface area contributed by atoms with Gasteiger partial charge in [-0.3, -0.25) is 4.79 Å². The molecule has 1 aromatic carbocycles. The second-order valence-electron chi connectivity index (χ2n) is 7.33. The third kappa shape index (κ3) is 3.60. The highest BCUT2D eigenvalue weighted by Gasteiger charge is 2.27. The van der Waals surface area contributed by atoms with Crippen molar-refractivity contribution in [3.8, 4) is 0 Å². The van der Waals surface area contributed by atoms with Crippen LogP contribution in [0.2, 0.25) is 0 Å². The van der Waals surface area contributed by atoms with Crippen molar-refractivity contribution >= 4 is 33.8 Å². The summed E-state index contributed by atoms with van der Waals surface area (Å²) >= 11 is 0. The molecular formula is C20H25N5O2. The summed E-state index contributed by atoms with van der Waals surface area (Å²) in [5.41, 5.74) is 2.40. The van der Waals surface area contributed by atoms with Gasteiger partial charge in [0.2, 0.25) is 5.91 Å². The first kappa shape index (κ1) is 17.7. The number of nitrogens with zero attached hydrogens (tertiary/aromatic N) is 4. The minimum Gasteiger partial charge on any atom is -0.450 e. The minimum absolute atomic E-state index is 0.0661. The average molecular weight is 367 g/mol. The van der Waals surface area contributed by atoms with E-state index in [2.05, 4.69) is 25.1 Å². The van der Waals surface area contributed by atoms with Crippen molar-refractivity contribution in [1.82, 2.24) is 20.2 Å². The summed E-state index contributed by atoms with van der Waals surface area (Å²) in [4.78, 5) is 25.5. The highest BCUT2D eigenvalue weighted by atomic mass is 16.3. The Labute approximate surface area is 158 Å². The summed E-state index contributed by atoms with van der Waals surface area (Å²) < 4.78 is 6.04. The molecule has 4 rings (SSSR count).